The van der Waals surface area contributed by atoms with Gasteiger partial charge in [0.2, 0.25) is 0 Å². The van der Waals surface area contributed by atoms with Crippen LogP contribution < -0.4 is 5.32 Å². The number of carbonyl (C=O) groups is 2. The van der Waals surface area contributed by atoms with Gasteiger partial charge in [0.15, 0.2) is 0 Å². The van der Waals surface area contributed by atoms with Gasteiger partial charge in [-0.2, -0.15) is 0 Å². The molecule has 1 aliphatic heterocycles. The van der Waals surface area contributed by atoms with E-state index in [1.807, 2.05) is 25.2 Å². The molecule has 0 aromatic heterocycles. The number of nitrogens with one attached hydrogen (secondary N) is 1. The van der Waals surface area contributed by atoms with E-state index in [4.69, 9.17) is 4.74 Å². The van der Waals surface area contributed by atoms with E-state index in [0.29, 0.717) is 55.9 Å². The van der Waals surface area contributed by atoms with Crippen molar-refractivity contribution >= 4 is 12.3 Å². The number of benzene rings is 2. The Morgan fingerprint density at radius 1 is 0.844 bits per heavy atom. The van der Waals surface area contributed by atoms with Crippen LogP contribution in [0.4, 0.5) is 0 Å². The fourth-order valence-electron chi connectivity index (χ4n) is 23.5. The molecule has 22 atom stereocenters. The molecule has 1 heterocycles. The van der Waals surface area contributed by atoms with Crippen LogP contribution in [0.2, 0.25) is 0 Å². The van der Waals surface area contributed by atoms with E-state index < -0.39 is 92.8 Å². The highest BCUT2D eigenvalue weighted by Crippen LogP contribution is 2.83. The molecule has 9 bridgehead atoms. The lowest BCUT2D eigenvalue weighted by Gasteiger charge is -2.75. The maximum atomic E-state index is 15.6. The van der Waals surface area contributed by atoms with Crippen molar-refractivity contribution in [2.24, 2.45) is 92.7 Å². The predicted molar refractivity (Wildman–Crippen MR) is 290 cm³/mol. The zero-order chi connectivity index (χ0) is 53.1. The summed E-state index contributed by atoms with van der Waals surface area (Å²) in [5.74, 6) is 12.5. The van der Waals surface area contributed by atoms with Gasteiger partial charge in [0, 0.05) is 70.4 Å². The highest BCUT2D eigenvalue weighted by atomic mass is 16.5. The van der Waals surface area contributed by atoms with Crippen LogP contribution in [-0.2, 0) is 27.4 Å². The fourth-order valence-corrected chi connectivity index (χ4v) is 23.5. The molecule has 410 valence electrons. The number of rotatable bonds is 7. The number of hydrogen-bond donors (Lipinski definition) is 7. The molecule has 77 heavy (non-hydrogen) atoms. The Kier molecular flexibility index (Phi) is 12.0. The van der Waals surface area contributed by atoms with E-state index in [1.54, 1.807) is 6.08 Å². The van der Waals surface area contributed by atoms with Crippen molar-refractivity contribution in [3.63, 3.8) is 0 Å². The van der Waals surface area contributed by atoms with Crippen molar-refractivity contribution in [1.82, 2.24) is 5.32 Å². The summed E-state index contributed by atoms with van der Waals surface area (Å²) in [6, 6.07) is 16.4. The van der Waals surface area contributed by atoms with Gasteiger partial charge >= 0.3 is 5.97 Å². The van der Waals surface area contributed by atoms with Crippen LogP contribution in [0.15, 0.2) is 60.2 Å². The van der Waals surface area contributed by atoms with Gasteiger partial charge in [0.25, 0.3) is 0 Å². The maximum absolute atomic E-state index is 15.6. The van der Waals surface area contributed by atoms with E-state index in [0.717, 1.165) is 55.1 Å². The van der Waals surface area contributed by atoms with Gasteiger partial charge in [-0.3, -0.25) is 0 Å². The predicted octanol–water partition coefficient (Wildman–Crippen LogP) is 7.97. The molecule has 12 aliphatic carbocycles. The van der Waals surface area contributed by atoms with Crippen molar-refractivity contribution in [2.45, 2.75) is 183 Å². The lowest BCUT2D eigenvalue weighted by Crippen LogP contribution is -2.84. The summed E-state index contributed by atoms with van der Waals surface area (Å²) in [6.07, 6.45) is 14.1. The van der Waals surface area contributed by atoms with Gasteiger partial charge < -0.3 is 45.5 Å². The van der Waals surface area contributed by atoms with Gasteiger partial charge in [-0.15, -0.1) is 5.92 Å². The molecule has 2 aromatic carbocycles. The first-order valence-corrected chi connectivity index (χ1v) is 30.5. The summed E-state index contributed by atoms with van der Waals surface area (Å²) in [4.78, 5) is 29.8. The van der Waals surface area contributed by atoms with Crippen molar-refractivity contribution in [1.29, 1.82) is 0 Å². The third kappa shape index (κ3) is 6.48. The summed E-state index contributed by atoms with van der Waals surface area (Å²) in [7, 11) is 1.91. The van der Waals surface area contributed by atoms with Gasteiger partial charge in [-0.25, -0.2) is 4.79 Å². The molecule has 10 heteroatoms. The van der Waals surface area contributed by atoms with Gasteiger partial charge in [0.1, 0.15) is 18.0 Å². The second-order valence-electron chi connectivity index (χ2n) is 28.0. The number of fused-ring (bicyclic) bond motifs is 4. The summed E-state index contributed by atoms with van der Waals surface area (Å²) < 4.78 is 6.48. The maximum Gasteiger partial charge on any atom is 0.331 e. The monoisotopic (exact) mass is 1050 g/mol. The number of aliphatic hydroxyl groups is 6. The summed E-state index contributed by atoms with van der Waals surface area (Å²) in [5.41, 5.74) is -5.96. The van der Waals surface area contributed by atoms with Crippen molar-refractivity contribution in [2.75, 3.05) is 13.7 Å². The molecule has 22 unspecified atom stereocenters. The molecular formula is C67H83NO9. The average molecular weight is 1050 g/mol. The van der Waals surface area contributed by atoms with Crippen molar-refractivity contribution in [3.05, 3.63) is 82.4 Å². The molecular weight excluding hydrogens is 963 g/mol. The van der Waals surface area contributed by atoms with Crippen molar-refractivity contribution < 1.29 is 45.0 Å². The van der Waals surface area contributed by atoms with E-state index >= 15 is 15.0 Å². The van der Waals surface area contributed by atoms with Gasteiger partial charge in [0.05, 0.1) is 35.9 Å². The quantitative estimate of drug-likeness (QED) is 0.0819. The van der Waals surface area contributed by atoms with E-state index in [2.05, 4.69) is 66.3 Å². The standard InChI is InChI=1S/C67H83NO9/c1-39(40-12-6-7-13-40)43-21-23-54-60(73)61-27-25-50-49(48(22-24-53(50)61)41-14-4-3-5-15-41)20-11-18-44-32-63-26-9-8-16-42-17-10-19-45(35-69)51(42)30-56(68-2)52-29-46(64(63,38-71)55-31-57(72)77-58(52)55)34-66(63,75)65(74)33-47(28-43)67(54,76)62(36-61,37-70)59(44)65/h3-5,10,14-15,17,19,31,37,39-40,43-44,46-50,52-54,56,58-60,68-69,71,73-76H,6-7,9,12-13,20-30,32-36,38H2,1-2H3. The van der Waals surface area contributed by atoms with Crippen LogP contribution >= 0.6 is 0 Å². The first kappa shape index (κ1) is 51.3. The van der Waals surface area contributed by atoms with Gasteiger partial charge in [-0.1, -0.05) is 92.8 Å². The molecule has 13 aliphatic rings. The SMILES string of the molecule is CNC1Cc2c(cccc2CO)C#CCCC23CC4C#CCC5C(c6ccccc6)CCC6C5CCC65CC6(C=O)C4C(O)(CC4CC(C(C)C7CCCC7)CCC(C5O)C46O)C2(O)CC2CC1C1OC(=O)C=C1C23CO. The minimum atomic E-state index is -2.00. The molecule has 2 spiro atoms. The Hall–Kier alpha value is -3.84. The van der Waals surface area contributed by atoms with Crippen LogP contribution in [-0.4, -0.2) is 91.6 Å². The summed E-state index contributed by atoms with van der Waals surface area (Å²) in [6.45, 7) is 1.84. The van der Waals surface area contributed by atoms with E-state index in [9.17, 15) is 25.2 Å². The topological polar surface area (TPSA) is 177 Å². The zero-order valence-corrected chi connectivity index (χ0v) is 45.5. The van der Waals surface area contributed by atoms with Crippen LogP contribution in [0.25, 0.3) is 0 Å². The normalized spacial score (nSPS) is 49.2. The molecule has 0 saturated heterocycles. The molecule has 10 nitrogen and oxygen atoms in total. The first-order valence-electron chi connectivity index (χ1n) is 30.5. The molecule has 0 radical (unpaired) electrons. The molecule has 7 N–H and O–H groups in total. The molecule has 0 amide bonds. The Labute approximate surface area is 456 Å². The first-order chi connectivity index (χ1) is 37.2. The fraction of sp³-hybridized carbons (Fsp3) is 0.701. The van der Waals surface area contributed by atoms with Crippen LogP contribution in [0.5, 0.6) is 0 Å². The lowest BCUT2D eigenvalue weighted by molar-refractivity contribution is -0.367. The van der Waals surface area contributed by atoms with Crippen LogP contribution in [0.3, 0.4) is 0 Å². The minimum absolute atomic E-state index is 0.0345. The highest BCUT2D eigenvalue weighted by Gasteiger charge is 2.88. The molecule has 9 fully saturated rings. The smallest absolute Gasteiger partial charge is 0.331 e. The van der Waals surface area contributed by atoms with Crippen molar-refractivity contribution in [3.8, 4) is 23.7 Å². The largest absolute Gasteiger partial charge is 0.454 e. The van der Waals surface area contributed by atoms with E-state index in [1.165, 1.54) is 31.2 Å². The second-order valence-corrected chi connectivity index (χ2v) is 28.0. The van der Waals surface area contributed by atoms with E-state index in [-0.39, 0.29) is 80.3 Å². The summed E-state index contributed by atoms with van der Waals surface area (Å²) in [5, 5.41) is 86.0. The van der Waals surface area contributed by atoms with Crippen LogP contribution in [0, 0.1) is 116 Å². The number of carbonyl (C=O) groups excluding carboxylic acids is 2. The molecule has 2 aromatic rings. The number of likely N-dealkylation sites (N-methyl/N-ethyl adjacent to an activating group) is 1. The Balaban J connectivity index is 1.02. The number of esters is 1. The number of aldehydes is 1. The lowest BCUT2D eigenvalue weighted by atomic mass is 9.31. The van der Waals surface area contributed by atoms with Gasteiger partial charge in [-0.05, 0) is 179 Å². The Bertz CT molecular complexity index is 2880. The summed E-state index contributed by atoms with van der Waals surface area (Å²) >= 11 is 0. The number of aliphatic hydroxyl groups excluding tert-OH is 3. The molecule has 15 rings (SSSR count). The Morgan fingerprint density at radius 3 is 2.42 bits per heavy atom. The highest BCUT2D eigenvalue weighted by molar-refractivity contribution is 5.87. The molecule has 9 saturated carbocycles. The average Bonchev–Trinajstić information content (AvgIpc) is 2.78. The Morgan fingerprint density at radius 2 is 1.65 bits per heavy atom. The zero-order valence-electron chi connectivity index (χ0n) is 45.5. The minimum Gasteiger partial charge on any atom is -0.454 e. The number of ether oxygens (including phenoxy) is 1. The number of hydrogen-bond acceptors (Lipinski definition) is 10. The second kappa shape index (κ2) is 18.1. The third-order valence-electron chi connectivity index (χ3n) is 26.4. The van der Waals surface area contributed by atoms with Crippen LogP contribution in [0.1, 0.15) is 157 Å². The third-order valence-corrected chi connectivity index (χ3v) is 26.4.